The van der Waals surface area contributed by atoms with Crippen LogP contribution in [0.4, 0.5) is 0 Å². The summed E-state index contributed by atoms with van der Waals surface area (Å²) in [5, 5.41) is 10.5. The van der Waals surface area contributed by atoms with Gasteiger partial charge in [-0.2, -0.15) is 0 Å². The van der Waals surface area contributed by atoms with Gasteiger partial charge in [0.1, 0.15) is 6.61 Å². The van der Waals surface area contributed by atoms with Crippen LogP contribution in [0.5, 0.6) is 11.5 Å². The van der Waals surface area contributed by atoms with Gasteiger partial charge in [-0.05, 0) is 38.0 Å². The summed E-state index contributed by atoms with van der Waals surface area (Å²) >= 11 is 0. The van der Waals surface area contributed by atoms with Crippen LogP contribution in [-0.4, -0.2) is 54.6 Å². The standard InChI is InChI=1S/C17H23NO5/c1-11(2)21-9-17(20)18-6-5-13(14(19)8-18)12-3-4-15-16(7-12)23-10-22-15/h3-4,7,11,13-14,19H,5-6,8-10H2,1-2H3/t13-,14+/m0/s1. The van der Waals surface area contributed by atoms with Crippen LogP contribution in [0, 0.1) is 0 Å². The van der Waals surface area contributed by atoms with Crippen LogP contribution in [0.1, 0.15) is 31.7 Å². The van der Waals surface area contributed by atoms with Crippen LogP contribution in [-0.2, 0) is 9.53 Å². The molecule has 0 spiro atoms. The molecule has 0 unspecified atom stereocenters. The highest BCUT2D eigenvalue weighted by atomic mass is 16.7. The molecule has 1 N–H and O–H groups in total. The van der Waals surface area contributed by atoms with Crippen LogP contribution >= 0.6 is 0 Å². The molecular weight excluding hydrogens is 298 g/mol. The summed E-state index contributed by atoms with van der Waals surface area (Å²) in [6.07, 6.45) is 0.149. The maximum absolute atomic E-state index is 12.1. The van der Waals surface area contributed by atoms with Crippen LogP contribution in [0.25, 0.3) is 0 Å². The highest BCUT2D eigenvalue weighted by Crippen LogP contribution is 2.37. The molecule has 1 aromatic rings. The number of piperidine rings is 1. The molecule has 0 aliphatic carbocycles. The molecular formula is C17H23NO5. The molecule has 2 atom stereocenters. The van der Waals surface area contributed by atoms with Gasteiger partial charge in [0, 0.05) is 19.0 Å². The second kappa shape index (κ2) is 6.76. The van der Waals surface area contributed by atoms with Crippen molar-refractivity contribution in [3.8, 4) is 11.5 Å². The maximum atomic E-state index is 12.1. The molecule has 0 aromatic heterocycles. The van der Waals surface area contributed by atoms with E-state index in [1.165, 1.54) is 0 Å². The van der Waals surface area contributed by atoms with Gasteiger partial charge in [-0.3, -0.25) is 4.79 Å². The number of carbonyl (C=O) groups is 1. The Labute approximate surface area is 135 Å². The third kappa shape index (κ3) is 3.59. The molecule has 0 radical (unpaired) electrons. The fourth-order valence-corrected chi connectivity index (χ4v) is 3.02. The summed E-state index contributed by atoms with van der Waals surface area (Å²) in [4.78, 5) is 13.8. The lowest BCUT2D eigenvalue weighted by Gasteiger charge is -2.36. The Morgan fingerprint density at radius 2 is 2.17 bits per heavy atom. The maximum Gasteiger partial charge on any atom is 0.248 e. The van der Waals surface area contributed by atoms with Gasteiger partial charge in [-0.25, -0.2) is 0 Å². The van der Waals surface area contributed by atoms with Crippen LogP contribution in [0.15, 0.2) is 18.2 Å². The largest absolute Gasteiger partial charge is 0.454 e. The van der Waals surface area contributed by atoms with E-state index in [1.54, 1.807) is 4.90 Å². The van der Waals surface area contributed by atoms with Crippen molar-refractivity contribution in [2.24, 2.45) is 0 Å². The Balaban J connectivity index is 1.61. The molecule has 6 nitrogen and oxygen atoms in total. The van der Waals surface area contributed by atoms with Gasteiger partial charge in [-0.1, -0.05) is 6.07 Å². The summed E-state index contributed by atoms with van der Waals surface area (Å²) in [6.45, 7) is 5.06. The van der Waals surface area contributed by atoms with Crippen LogP contribution < -0.4 is 9.47 Å². The number of nitrogens with zero attached hydrogens (tertiary/aromatic N) is 1. The average Bonchev–Trinajstić information content (AvgIpc) is 2.99. The van der Waals surface area contributed by atoms with E-state index in [9.17, 15) is 9.90 Å². The van der Waals surface area contributed by atoms with E-state index in [0.717, 1.165) is 17.1 Å². The number of rotatable bonds is 4. The highest BCUT2D eigenvalue weighted by molar-refractivity contribution is 5.77. The van der Waals surface area contributed by atoms with Gasteiger partial charge in [-0.15, -0.1) is 0 Å². The Bertz CT molecular complexity index is 574. The molecule has 1 aromatic carbocycles. The van der Waals surface area contributed by atoms with Crippen molar-refractivity contribution >= 4 is 5.91 Å². The van der Waals surface area contributed by atoms with E-state index in [0.29, 0.717) is 19.5 Å². The van der Waals surface area contributed by atoms with Crippen molar-refractivity contribution in [1.29, 1.82) is 0 Å². The van der Waals surface area contributed by atoms with E-state index in [-0.39, 0.29) is 31.3 Å². The molecule has 0 bridgehead atoms. The first kappa shape index (κ1) is 16.1. The molecule has 2 heterocycles. The van der Waals surface area contributed by atoms with E-state index in [2.05, 4.69) is 0 Å². The number of fused-ring (bicyclic) bond motifs is 1. The first-order chi connectivity index (χ1) is 11.0. The quantitative estimate of drug-likeness (QED) is 0.910. The van der Waals surface area contributed by atoms with Crippen molar-refractivity contribution in [3.63, 3.8) is 0 Å². The number of hydrogen-bond acceptors (Lipinski definition) is 5. The zero-order chi connectivity index (χ0) is 16.4. The van der Waals surface area contributed by atoms with Crippen LogP contribution in [0.3, 0.4) is 0 Å². The molecule has 1 fully saturated rings. The van der Waals surface area contributed by atoms with Crippen molar-refractivity contribution in [3.05, 3.63) is 23.8 Å². The van der Waals surface area contributed by atoms with Gasteiger partial charge in [0.05, 0.1) is 12.2 Å². The average molecular weight is 321 g/mol. The van der Waals surface area contributed by atoms with Gasteiger partial charge in [0.25, 0.3) is 0 Å². The second-order valence-corrected chi connectivity index (χ2v) is 6.27. The SMILES string of the molecule is CC(C)OCC(=O)N1CC[C@@H](c2ccc3c(c2)OCO3)[C@H](O)C1. The summed E-state index contributed by atoms with van der Waals surface area (Å²) in [5.74, 6) is 1.39. The van der Waals surface area contributed by atoms with Gasteiger partial charge in [0.2, 0.25) is 12.7 Å². The molecule has 3 rings (SSSR count). The molecule has 1 saturated heterocycles. The number of benzene rings is 1. The minimum atomic E-state index is -0.591. The van der Waals surface area contributed by atoms with Crippen molar-refractivity contribution < 1.29 is 24.1 Å². The third-order valence-corrected chi connectivity index (χ3v) is 4.30. The predicted octanol–water partition coefficient (Wildman–Crippen LogP) is 1.52. The van der Waals surface area contributed by atoms with Crippen molar-refractivity contribution in [1.82, 2.24) is 4.90 Å². The van der Waals surface area contributed by atoms with E-state index >= 15 is 0 Å². The first-order valence-corrected chi connectivity index (χ1v) is 8.01. The lowest BCUT2D eigenvalue weighted by Crippen LogP contribution is -2.47. The Kier molecular flexibility index (Phi) is 4.73. The Morgan fingerprint density at radius 1 is 1.39 bits per heavy atom. The molecule has 6 heteroatoms. The van der Waals surface area contributed by atoms with E-state index in [4.69, 9.17) is 14.2 Å². The number of likely N-dealkylation sites (tertiary alicyclic amines) is 1. The number of ether oxygens (including phenoxy) is 3. The number of carbonyl (C=O) groups excluding carboxylic acids is 1. The summed E-state index contributed by atoms with van der Waals surface area (Å²) in [5.41, 5.74) is 1.02. The minimum absolute atomic E-state index is 0.000401. The molecule has 23 heavy (non-hydrogen) atoms. The van der Waals surface area contributed by atoms with E-state index in [1.807, 2.05) is 32.0 Å². The van der Waals surface area contributed by atoms with Crippen LogP contribution in [0.2, 0.25) is 0 Å². The summed E-state index contributed by atoms with van der Waals surface area (Å²) in [7, 11) is 0. The fourth-order valence-electron chi connectivity index (χ4n) is 3.02. The predicted molar refractivity (Wildman–Crippen MR) is 83.6 cm³/mol. The molecule has 2 aliphatic rings. The monoisotopic (exact) mass is 321 g/mol. The summed E-state index contributed by atoms with van der Waals surface area (Å²) in [6, 6.07) is 5.76. The zero-order valence-corrected chi connectivity index (χ0v) is 13.5. The van der Waals surface area contributed by atoms with E-state index < -0.39 is 6.10 Å². The number of aliphatic hydroxyl groups is 1. The van der Waals surface area contributed by atoms with Crippen molar-refractivity contribution in [2.75, 3.05) is 26.5 Å². The number of β-amino-alcohol motifs (C(OH)–C–C–N with tert-alkyl or cyclic N) is 1. The second-order valence-electron chi connectivity index (χ2n) is 6.27. The van der Waals surface area contributed by atoms with Gasteiger partial charge < -0.3 is 24.2 Å². The van der Waals surface area contributed by atoms with Gasteiger partial charge in [0.15, 0.2) is 11.5 Å². The molecule has 0 saturated carbocycles. The first-order valence-electron chi connectivity index (χ1n) is 8.01. The number of hydrogen-bond donors (Lipinski definition) is 1. The van der Waals surface area contributed by atoms with Crippen molar-refractivity contribution in [2.45, 2.75) is 38.4 Å². The highest BCUT2D eigenvalue weighted by Gasteiger charge is 2.32. The molecule has 126 valence electrons. The Morgan fingerprint density at radius 3 is 2.91 bits per heavy atom. The lowest BCUT2D eigenvalue weighted by atomic mass is 9.87. The number of amides is 1. The zero-order valence-electron chi connectivity index (χ0n) is 13.5. The number of aliphatic hydroxyl groups excluding tert-OH is 1. The minimum Gasteiger partial charge on any atom is -0.454 e. The lowest BCUT2D eigenvalue weighted by molar-refractivity contribution is -0.141. The third-order valence-electron chi connectivity index (χ3n) is 4.30. The van der Waals surface area contributed by atoms with Gasteiger partial charge >= 0.3 is 0 Å². The fraction of sp³-hybridized carbons (Fsp3) is 0.588. The topological polar surface area (TPSA) is 68.2 Å². The smallest absolute Gasteiger partial charge is 0.248 e. The Hall–Kier alpha value is -1.79. The normalized spacial score (nSPS) is 23.4. The molecule has 1 amide bonds. The molecule has 2 aliphatic heterocycles. The summed E-state index contributed by atoms with van der Waals surface area (Å²) < 4.78 is 16.1.